The lowest BCUT2D eigenvalue weighted by atomic mass is 10.1. The van der Waals surface area contributed by atoms with Crippen LogP contribution in [0.15, 0.2) is 23.6 Å². The van der Waals surface area contributed by atoms with Gasteiger partial charge in [0, 0.05) is 24.0 Å². The summed E-state index contributed by atoms with van der Waals surface area (Å²) in [4.78, 5) is 16.7. The zero-order valence-electron chi connectivity index (χ0n) is 14.7. The van der Waals surface area contributed by atoms with Gasteiger partial charge in [-0.15, -0.1) is 11.3 Å². The number of anilines is 1. The molecule has 1 aromatic heterocycles. The minimum Gasteiger partial charge on any atom is -0.493 e. The van der Waals surface area contributed by atoms with Crippen molar-refractivity contribution < 1.29 is 14.3 Å². The highest BCUT2D eigenvalue weighted by atomic mass is 32.1. The third kappa shape index (κ3) is 4.80. The lowest BCUT2D eigenvalue weighted by molar-refractivity contribution is -0.116. The number of carbonyl (C=O) groups is 1. The maximum atomic E-state index is 12.1. The number of thiazole rings is 1. The molecule has 1 atom stereocenters. The maximum absolute atomic E-state index is 12.1. The Bertz CT molecular complexity index is 723. The van der Waals surface area contributed by atoms with Crippen molar-refractivity contribution in [2.24, 2.45) is 0 Å². The van der Waals surface area contributed by atoms with Crippen molar-refractivity contribution in [2.75, 3.05) is 18.5 Å². The lowest BCUT2D eigenvalue weighted by Crippen LogP contribution is -2.15. The van der Waals surface area contributed by atoms with E-state index < -0.39 is 0 Å². The number of amides is 1. The van der Waals surface area contributed by atoms with Crippen LogP contribution in [0.5, 0.6) is 5.75 Å². The van der Waals surface area contributed by atoms with Gasteiger partial charge in [-0.3, -0.25) is 4.79 Å². The fraction of sp³-hybridized carbons (Fsp3) is 0.474. The largest absolute Gasteiger partial charge is 0.493 e. The molecule has 2 heterocycles. The number of aromatic nitrogens is 1. The Morgan fingerprint density at radius 1 is 1.48 bits per heavy atom. The van der Waals surface area contributed by atoms with Crippen LogP contribution in [0.1, 0.15) is 38.2 Å². The van der Waals surface area contributed by atoms with E-state index in [0.29, 0.717) is 18.2 Å². The molecule has 0 bridgehead atoms. The minimum absolute atomic E-state index is 0.00864. The highest BCUT2D eigenvalue weighted by Crippen LogP contribution is 2.33. The van der Waals surface area contributed by atoms with E-state index in [4.69, 9.17) is 9.47 Å². The summed E-state index contributed by atoms with van der Waals surface area (Å²) in [6.07, 6.45) is 3.63. The molecular weight excluding hydrogens is 336 g/mol. The summed E-state index contributed by atoms with van der Waals surface area (Å²) in [7, 11) is 0. The average molecular weight is 360 g/mol. The third-order valence-corrected chi connectivity index (χ3v) is 4.94. The van der Waals surface area contributed by atoms with Gasteiger partial charge in [0.2, 0.25) is 5.91 Å². The van der Waals surface area contributed by atoms with Crippen molar-refractivity contribution in [1.82, 2.24) is 4.98 Å². The predicted octanol–water partition coefficient (Wildman–Crippen LogP) is 4.41. The van der Waals surface area contributed by atoms with Gasteiger partial charge in [0.15, 0.2) is 5.13 Å². The monoisotopic (exact) mass is 360 g/mol. The molecule has 25 heavy (non-hydrogen) atoms. The van der Waals surface area contributed by atoms with Gasteiger partial charge in [-0.2, -0.15) is 0 Å². The first-order valence-electron chi connectivity index (χ1n) is 8.76. The molecule has 0 unspecified atom stereocenters. The topological polar surface area (TPSA) is 60.5 Å². The van der Waals surface area contributed by atoms with E-state index in [2.05, 4.69) is 16.4 Å². The Morgan fingerprint density at radius 2 is 2.36 bits per heavy atom. The number of nitrogens with zero attached hydrogens (tertiary/aromatic N) is 1. The number of benzene rings is 1. The van der Waals surface area contributed by atoms with E-state index in [0.717, 1.165) is 48.4 Å². The summed E-state index contributed by atoms with van der Waals surface area (Å²) in [5.74, 6) is 0.806. The quantitative estimate of drug-likeness (QED) is 0.794. The smallest absolute Gasteiger partial charge is 0.226 e. The van der Waals surface area contributed by atoms with Crippen LogP contribution in [0.4, 0.5) is 5.13 Å². The summed E-state index contributed by atoms with van der Waals surface area (Å²) in [6.45, 7) is 5.43. The van der Waals surface area contributed by atoms with Crippen LogP contribution in [0.3, 0.4) is 0 Å². The Balaban J connectivity index is 1.64. The van der Waals surface area contributed by atoms with E-state index in [1.54, 1.807) is 0 Å². The number of hydrogen-bond donors (Lipinski definition) is 1. The van der Waals surface area contributed by atoms with E-state index >= 15 is 0 Å². The van der Waals surface area contributed by atoms with Gasteiger partial charge in [-0.25, -0.2) is 4.98 Å². The van der Waals surface area contributed by atoms with Gasteiger partial charge in [0.05, 0.1) is 18.4 Å². The highest BCUT2D eigenvalue weighted by molar-refractivity contribution is 7.14. The maximum Gasteiger partial charge on any atom is 0.226 e. The molecular formula is C19H24N2O3S. The van der Waals surface area contributed by atoms with Crippen molar-refractivity contribution >= 4 is 22.4 Å². The standard InChI is InChI=1S/C19H24N2O3S/c1-3-23-17-8-6-13(2)11-15(17)16-12-25-19(20-16)21-18(22)9-7-14-5-4-10-24-14/h6,8,11-12,14H,3-5,7,9-10H2,1-2H3,(H,20,21,22)/t14-/m0/s1. The van der Waals surface area contributed by atoms with Crippen LogP contribution in [0.2, 0.25) is 0 Å². The van der Waals surface area contributed by atoms with Gasteiger partial charge in [-0.05, 0) is 45.2 Å². The summed E-state index contributed by atoms with van der Waals surface area (Å²) < 4.78 is 11.3. The molecule has 0 aliphatic carbocycles. The van der Waals surface area contributed by atoms with Crippen LogP contribution in [0.25, 0.3) is 11.3 Å². The zero-order valence-corrected chi connectivity index (χ0v) is 15.5. The molecule has 0 saturated carbocycles. The molecule has 134 valence electrons. The van der Waals surface area contributed by atoms with Gasteiger partial charge >= 0.3 is 0 Å². The molecule has 1 aliphatic rings. The molecule has 1 saturated heterocycles. The first-order chi connectivity index (χ1) is 12.2. The first-order valence-corrected chi connectivity index (χ1v) is 9.64. The molecule has 1 N–H and O–H groups in total. The molecule has 3 rings (SSSR count). The molecule has 0 spiro atoms. The molecule has 2 aromatic rings. The third-order valence-electron chi connectivity index (χ3n) is 4.18. The highest BCUT2D eigenvalue weighted by Gasteiger charge is 2.17. The van der Waals surface area contributed by atoms with Crippen LogP contribution in [-0.2, 0) is 9.53 Å². The Morgan fingerprint density at radius 3 is 3.12 bits per heavy atom. The predicted molar refractivity (Wildman–Crippen MR) is 100 cm³/mol. The molecule has 0 radical (unpaired) electrons. The van der Waals surface area contributed by atoms with E-state index in [9.17, 15) is 4.79 Å². The fourth-order valence-corrected chi connectivity index (χ4v) is 3.65. The van der Waals surface area contributed by atoms with Crippen LogP contribution >= 0.6 is 11.3 Å². The van der Waals surface area contributed by atoms with Crippen LogP contribution < -0.4 is 10.1 Å². The van der Waals surface area contributed by atoms with E-state index in [1.807, 2.05) is 31.4 Å². The molecule has 1 aromatic carbocycles. The molecule has 1 aliphatic heterocycles. The van der Waals surface area contributed by atoms with Crippen molar-refractivity contribution in [3.8, 4) is 17.0 Å². The second-order valence-corrected chi connectivity index (χ2v) is 7.05. The molecule has 5 nitrogen and oxygen atoms in total. The SMILES string of the molecule is CCOc1ccc(C)cc1-c1csc(NC(=O)CC[C@@H]2CCCO2)n1. The van der Waals surface area contributed by atoms with Crippen molar-refractivity contribution in [1.29, 1.82) is 0 Å². The van der Waals surface area contributed by atoms with Gasteiger partial charge in [-0.1, -0.05) is 11.6 Å². The second-order valence-electron chi connectivity index (χ2n) is 6.19. The van der Waals surface area contributed by atoms with Gasteiger partial charge in [0.1, 0.15) is 5.75 Å². The van der Waals surface area contributed by atoms with Crippen LogP contribution in [-0.4, -0.2) is 30.2 Å². The lowest BCUT2D eigenvalue weighted by Gasteiger charge is -2.09. The van der Waals surface area contributed by atoms with Gasteiger partial charge < -0.3 is 14.8 Å². The number of nitrogens with one attached hydrogen (secondary N) is 1. The summed E-state index contributed by atoms with van der Waals surface area (Å²) in [5, 5.41) is 5.47. The zero-order chi connectivity index (χ0) is 17.6. The van der Waals surface area contributed by atoms with Crippen molar-refractivity contribution in [3.63, 3.8) is 0 Å². The Hall–Kier alpha value is -1.92. The molecule has 6 heteroatoms. The van der Waals surface area contributed by atoms with E-state index in [1.165, 1.54) is 11.3 Å². The number of rotatable bonds is 7. The van der Waals surface area contributed by atoms with Crippen molar-refractivity contribution in [2.45, 2.75) is 45.6 Å². The molecule has 1 fully saturated rings. The minimum atomic E-state index is -0.00864. The summed E-state index contributed by atoms with van der Waals surface area (Å²) >= 11 is 1.43. The van der Waals surface area contributed by atoms with E-state index in [-0.39, 0.29) is 12.0 Å². The van der Waals surface area contributed by atoms with Crippen LogP contribution in [0, 0.1) is 6.92 Å². The second kappa shape index (κ2) is 8.45. The summed E-state index contributed by atoms with van der Waals surface area (Å²) in [6, 6.07) is 6.05. The first kappa shape index (κ1) is 17.9. The normalized spacial score (nSPS) is 16.8. The van der Waals surface area contributed by atoms with Gasteiger partial charge in [0.25, 0.3) is 0 Å². The summed E-state index contributed by atoms with van der Waals surface area (Å²) in [5.41, 5.74) is 2.93. The number of aryl methyl sites for hydroxylation is 1. The fourth-order valence-electron chi connectivity index (χ4n) is 2.93. The number of hydrogen-bond acceptors (Lipinski definition) is 5. The molecule has 1 amide bonds. The average Bonchev–Trinajstić information content (AvgIpc) is 3.26. The number of ether oxygens (including phenoxy) is 2. The number of carbonyl (C=O) groups excluding carboxylic acids is 1. The Labute approximate surface area is 152 Å². The Kier molecular flexibility index (Phi) is 6.04. The van der Waals surface area contributed by atoms with Crippen molar-refractivity contribution in [3.05, 3.63) is 29.1 Å².